The van der Waals surface area contributed by atoms with Crippen LogP contribution < -0.4 is 15.4 Å². The molecule has 1 aromatic rings. The summed E-state index contributed by atoms with van der Waals surface area (Å²) in [7, 11) is -3.41. The lowest BCUT2D eigenvalue weighted by Gasteiger charge is -2.16. The van der Waals surface area contributed by atoms with Crippen LogP contribution in [0.4, 0.5) is 5.69 Å². The van der Waals surface area contributed by atoms with Crippen molar-refractivity contribution in [2.45, 2.75) is 42.7 Å². The van der Waals surface area contributed by atoms with Crippen molar-refractivity contribution in [3.63, 3.8) is 0 Å². The van der Waals surface area contributed by atoms with Crippen molar-refractivity contribution in [1.82, 2.24) is 10.0 Å². The van der Waals surface area contributed by atoms with Crippen molar-refractivity contribution in [2.75, 3.05) is 18.4 Å². The monoisotopic (exact) mass is 295 g/mol. The maximum atomic E-state index is 12.3. The normalized spacial score (nSPS) is 22.9. The molecule has 5 nitrogen and oxygen atoms in total. The second-order valence-corrected chi connectivity index (χ2v) is 7.25. The van der Waals surface area contributed by atoms with Gasteiger partial charge in [0.1, 0.15) is 4.90 Å². The van der Waals surface area contributed by atoms with Crippen LogP contribution in [0.15, 0.2) is 29.2 Å². The molecule has 2 fully saturated rings. The van der Waals surface area contributed by atoms with Gasteiger partial charge in [0.25, 0.3) is 0 Å². The van der Waals surface area contributed by atoms with Gasteiger partial charge in [-0.1, -0.05) is 12.1 Å². The highest BCUT2D eigenvalue weighted by molar-refractivity contribution is 7.89. The first kappa shape index (κ1) is 13.9. The van der Waals surface area contributed by atoms with Crippen LogP contribution in [-0.2, 0) is 10.0 Å². The molecule has 1 saturated heterocycles. The lowest BCUT2D eigenvalue weighted by atomic mass is 10.2. The molecule has 0 amide bonds. The van der Waals surface area contributed by atoms with E-state index in [2.05, 4.69) is 15.4 Å². The van der Waals surface area contributed by atoms with Crippen molar-refractivity contribution in [3.05, 3.63) is 24.3 Å². The molecule has 1 aliphatic carbocycles. The standard InChI is InChI=1S/C14H21N3O2S/c18-20(19,17-11-7-8-11)14-6-2-1-5-13(14)16-10-12-4-3-9-15-12/h1-2,5-6,11-12,15-17H,3-4,7-10H2. The van der Waals surface area contributed by atoms with Crippen LogP contribution in [0, 0.1) is 0 Å². The quantitative estimate of drug-likeness (QED) is 0.739. The van der Waals surface area contributed by atoms with Crippen LogP contribution in [0.2, 0.25) is 0 Å². The van der Waals surface area contributed by atoms with Gasteiger partial charge in [-0.2, -0.15) is 0 Å². The second kappa shape index (κ2) is 5.71. The Morgan fingerprint density at radius 1 is 1.20 bits per heavy atom. The number of nitrogens with one attached hydrogen (secondary N) is 3. The van der Waals surface area contributed by atoms with E-state index in [0.29, 0.717) is 16.6 Å². The number of benzene rings is 1. The number of hydrogen-bond acceptors (Lipinski definition) is 4. The molecular weight excluding hydrogens is 274 g/mol. The van der Waals surface area contributed by atoms with Crippen molar-refractivity contribution < 1.29 is 8.42 Å². The van der Waals surface area contributed by atoms with Crippen LogP contribution in [-0.4, -0.2) is 33.6 Å². The Hall–Kier alpha value is -1.11. The topological polar surface area (TPSA) is 70.2 Å². The zero-order valence-electron chi connectivity index (χ0n) is 11.4. The molecule has 1 aromatic carbocycles. The van der Waals surface area contributed by atoms with E-state index >= 15 is 0 Å². The zero-order chi connectivity index (χ0) is 14.0. The van der Waals surface area contributed by atoms with Gasteiger partial charge in [-0.15, -0.1) is 0 Å². The van der Waals surface area contributed by atoms with E-state index in [0.717, 1.165) is 32.4 Å². The third kappa shape index (κ3) is 3.31. The first-order chi connectivity index (χ1) is 9.65. The van der Waals surface area contributed by atoms with E-state index in [1.807, 2.05) is 12.1 Å². The molecule has 1 atom stereocenters. The van der Waals surface area contributed by atoms with Crippen LogP contribution in [0.1, 0.15) is 25.7 Å². The van der Waals surface area contributed by atoms with Crippen molar-refractivity contribution in [3.8, 4) is 0 Å². The van der Waals surface area contributed by atoms with Gasteiger partial charge in [0.05, 0.1) is 5.69 Å². The molecule has 1 unspecified atom stereocenters. The molecular formula is C14H21N3O2S. The first-order valence-corrected chi connectivity index (χ1v) is 8.72. The predicted molar refractivity (Wildman–Crippen MR) is 79.3 cm³/mol. The Morgan fingerprint density at radius 2 is 2.00 bits per heavy atom. The van der Waals surface area contributed by atoms with Crippen LogP contribution in [0.3, 0.4) is 0 Å². The van der Waals surface area contributed by atoms with E-state index in [1.165, 1.54) is 6.42 Å². The van der Waals surface area contributed by atoms with E-state index < -0.39 is 10.0 Å². The summed E-state index contributed by atoms with van der Waals surface area (Å²) in [6, 6.07) is 7.68. The number of sulfonamides is 1. The summed E-state index contributed by atoms with van der Waals surface area (Å²) in [4.78, 5) is 0.352. The van der Waals surface area contributed by atoms with Gasteiger partial charge >= 0.3 is 0 Å². The fourth-order valence-corrected chi connectivity index (χ4v) is 3.98. The van der Waals surface area contributed by atoms with Crippen LogP contribution >= 0.6 is 0 Å². The van der Waals surface area contributed by atoms with Crippen molar-refractivity contribution in [1.29, 1.82) is 0 Å². The third-order valence-electron chi connectivity index (χ3n) is 3.78. The lowest BCUT2D eigenvalue weighted by molar-refractivity contribution is 0.581. The highest BCUT2D eigenvalue weighted by Crippen LogP contribution is 2.26. The molecule has 0 bridgehead atoms. The number of rotatable bonds is 6. The van der Waals surface area contributed by atoms with Gasteiger partial charge in [0.2, 0.25) is 10.0 Å². The minimum absolute atomic E-state index is 0.129. The molecule has 1 heterocycles. The second-order valence-electron chi connectivity index (χ2n) is 5.57. The molecule has 20 heavy (non-hydrogen) atoms. The summed E-state index contributed by atoms with van der Waals surface area (Å²) in [5.74, 6) is 0. The maximum absolute atomic E-state index is 12.3. The number of anilines is 1. The number of hydrogen-bond donors (Lipinski definition) is 3. The summed E-state index contributed by atoms with van der Waals surface area (Å²) in [6.45, 7) is 1.81. The molecule has 0 spiro atoms. The molecule has 0 radical (unpaired) electrons. The molecule has 6 heteroatoms. The zero-order valence-corrected chi connectivity index (χ0v) is 12.2. The molecule has 3 rings (SSSR count). The summed E-state index contributed by atoms with van der Waals surface area (Å²) >= 11 is 0. The maximum Gasteiger partial charge on any atom is 0.242 e. The largest absolute Gasteiger partial charge is 0.382 e. The van der Waals surface area contributed by atoms with Gasteiger partial charge in [0, 0.05) is 18.6 Å². The van der Waals surface area contributed by atoms with Gasteiger partial charge in [-0.05, 0) is 44.4 Å². The Balaban J connectivity index is 1.73. The fraction of sp³-hybridized carbons (Fsp3) is 0.571. The Morgan fingerprint density at radius 3 is 2.70 bits per heavy atom. The Kier molecular flexibility index (Phi) is 3.96. The molecule has 1 saturated carbocycles. The molecule has 110 valence electrons. The highest BCUT2D eigenvalue weighted by atomic mass is 32.2. The summed E-state index contributed by atoms with van der Waals surface area (Å²) in [5, 5.41) is 6.67. The smallest absolute Gasteiger partial charge is 0.242 e. The average Bonchev–Trinajstić information content (AvgIpc) is 3.07. The minimum atomic E-state index is -3.41. The average molecular weight is 295 g/mol. The summed E-state index contributed by atoms with van der Waals surface area (Å²) in [6.07, 6.45) is 4.22. The fourth-order valence-electron chi connectivity index (χ4n) is 2.50. The van der Waals surface area contributed by atoms with Gasteiger partial charge in [0.15, 0.2) is 0 Å². The third-order valence-corrected chi connectivity index (χ3v) is 5.36. The van der Waals surface area contributed by atoms with E-state index in [4.69, 9.17) is 0 Å². The molecule has 2 aliphatic rings. The Bertz CT molecular complexity index is 564. The van der Waals surface area contributed by atoms with E-state index in [9.17, 15) is 8.42 Å². The minimum Gasteiger partial charge on any atom is -0.382 e. The van der Waals surface area contributed by atoms with Crippen LogP contribution in [0.25, 0.3) is 0 Å². The Labute approximate surface area is 120 Å². The predicted octanol–water partition coefficient (Wildman–Crippen LogP) is 1.29. The lowest BCUT2D eigenvalue weighted by Crippen LogP contribution is -2.31. The van der Waals surface area contributed by atoms with Crippen LogP contribution in [0.5, 0.6) is 0 Å². The van der Waals surface area contributed by atoms with Gasteiger partial charge in [-0.25, -0.2) is 13.1 Å². The van der Waals surface area contributed by atoms with E-state index in [1.54, 1.807) is 12.1 Å². The number of para-hydroxylation sites is 1. The summed E-state index contributed by atoms with van der Waals surface area (Å²) in [5.41, 5.74) is 0.689. The summed E-state index contributed by atoms with van der Waals surface area (Å²) < 4.78 is 27.4. The molecule has 1 aliphatic heterocycles. The SMILES string of the molecule is O=S(=O)(NC1CC1)c1ccccc1NCC1CCCN1. The van der Waals surface area contributed by atoms with Crippen molar-refractivity contribution >= 4 is 15.7 Å². The van der Waals surface area contributed by atoms with Crippen molar-refractivity contribution in [2.24, 2.45) is 0 Å². The highest BCUT2D eigenvalue weighted by Gasteiger charge is 2.29. The molecule has 0 aromatic heterocycles. The molecule has 3 N–H and O–H groups in total. The van der Waals surface area contributed by atoms with Gasteiger partial charge < -0.3 is 10.6 Å². The van der Waals surface area contributed by atoms with E-state index in [-0.39, 0.29) is 6.04 Å². The first-order valence-electron chi connectivity index (χ1n) is 7.24. The van der Waals surface area contributed by atoms with Gasteiger partial charge in [-0.3, -0.25) is 0 Å².